The van der Waals surface area contributed by atoms with Gasteiger partial charge in [0.1, 0.15) is 17.1 Å². The highest BCUT2D eigenvalue weighted by molar-refractivity contribution is 6.32. The summed E-state index contributed by atoms with van der Waals surface area (Å²) < 4.78 is 98.7. The second-order valence-corrected chi connectivity index (χ2v) is 8.55. The smallest absolute Gasteiger partial charge is 0.435 e. The molecule has 1 amide bonds. The van der Waals surface area contributed by atoms with E-state index in [4.69, 9.17) is 16.0 Å². The molecule has 1 N–H and O–H groups in total. The maximum Gasteiger partial charge on any atom is 0.435 e. The molecule has 3 heterocycles. The third kappa shape index (κ3) is 5.68. The summed E-state index contributed by atoms with van der Waals surface area (Å²) in [5.41, 5.74) is -2.32. The van der Waals surface area contributed by atoms with E-state index in [0.717, 1.165) is 18.9 Å². The highest BCUT2D eigenvalue weighted by Gasteiger charge is 2.37. The Morgan fingerprint density at radius 3 is 2.47 bits per heavy atom. The van der Waals surface area contributed by atoms with Gasteiger partial charge in [0, 0.05) is 24.7 Å². The lowest BCUT2D eigenvalue weighted by Crippen LogP contribution is -2.25. The maximum atomic E-state index is 13.3. The van der Waals surface area contributed by atoms with Crippen molar-refractivity contribution in [3.05, 3.63) is 57.5 Å². The van der Waals surface area contributed by atoms with Crippen molar-refractivity contribution < 1.29 is 39.9 Å². The van der Waals surface area contributed by atoms with Crippen LogP contribution in [0.3, 0.4) is 0 Å². The fraction of sp³-hybridized carbons (Fsp3) is 0.476. The molecule has 0 bridgehead atoms. The van der Waals surface area contributed by atoms with E-state index in [2.05, 4.69) is 15.5 Å². The molecule has 0 unspecified atom stereocenters. The van der Waals surface area contributed by atoms with Crippen molar-refractivity contribution in [1.29, 1.82) is 0 Å². The molecule has 0 aromatic carbocycles. The van der Waals surface area contributed by atoms with E-state index in [1.807, 2.05) is 0 Å². The van der Waals surface area contributed by atoms with Crippen LogP contribution in [0.5, 0.6) is 0 Å². The monoisotopic (exact) mass is 541 g/mol. The van der Waals surface area contributed by atoms with Crippen molar-refractivity contribution in [2.24, 2.45) is 0 Å². The van der Waals surface area contributed by atoms with E-state index in [-0.39, 0.29) is 36.9 Å². The number of furan rings is 1. The van der Waals surface area contributed by atoms with Crippen LogP contribution < -0.4 is 5.32 Å². The Morgan fingerprint density at radius 2 is 1.86 bits per heavy atom. The molecule has 0 atom stereocenters. The predicted octanol–water partition coefficient (Wildman–Crippen LogP) is 5.97. The first kappa shape index (κ1) is 26.0. The van der Waals surface area contributed by atoms with Crippen molar-refractivity contribution in [2.45, 2.75) is 57.3 Å². The van der Waals surface area contributed by atoms with Gasteiger partial charge in [0.2, 0.25) is 0 Å². The van der Waals surface area contributed by atoms with E-state index in [0.29, 0.717) is 10.4 Å². The van der Waals surface area contributed by atoms with Crippen LogP contribution >= 0.6 is 11.6 Å². The van der Waals surface area contributed by atoms with Crippen molar-refractivity contribution in [1.82, 2.24) is 24.9 Å². The number of aromatic nitrogens is 4. The zero-order valence-electron chi connectivity index (χ0n) is 18.3. The van der Waals surface area contributed by atoms with Crippen molar-refractivity contribution in [3.8, 4) is 0 Å². The summed E-state index contributed by atoms with van der Waals surface area (Å²) in [5, 5.41) is 8.77. The van der Waals surface area contributed by atoms with Crippen LogP contribution in [-0.4, -0.2) is 32.0 Å². The van der Waals surface area contributed by atoms with Crippen molar-refractivity contribution in [3.63, 3.8) is 0 Å². The van der Waals surface area contributed by atoms with E-state index in [1.54, 1.807) is 0 Å². The Bertz CT molecular complexity index is 1230. The van der Waals surface area contributed by atoms with Gasteiger partial charge < -0.3 is 9.73 Å². The number of carbonyl (C=O) groups is 1. The molecule has 1 aliphatic rings. The van der Waals surface area contributed by atoms with Gasteiger partial charge in [-0.1, -0.05) is 11.6 Å². The summed E-state index contributed by atoms with van der Waals surface area (Å²) in [6.45, 7) is -0.207. The normalized spacial score (nSPS) is 14.3. The molecule has 7 nitrogen and oxygen atoms in total. The second kappa shape index (κ2) is 10.1. The number of aryl methyl sites for hydroxylation is 1. The zero-order valence-corrected chi connectivity index (χ0v) is 19.1. The third-order valence-electron chi connectivity index (χ3n) is 5.49. The van der Waals surface area contributed by atoms with Gasteiger partial charge >= 0.3 is 6.18 Å². The highest BCUT2D eigenvalue weighted by atomic mass is 35.5. The van der Waals surface area contributed by atoms with Gasteiger partial charge in [-0.25, -0.2) is 17.6 Å². The number of alkyl halides is 7. The molecule has 1 fully saturated rings. The number of hydrogen-bond acceptors (Lipinski definition) is 4. The van der Waals surface area contributed by atoms with Gasteiger partial charge in [-0.15, -0.1) is 0 Å². The Kier molecular flexibility index (Phi) is 7.34. The maximum absolute atomic E-state index is 13.3. The number of carbonyl (C=O) groups excluding carboxylic acids is 1. The summed E-state index contributed by atoms with van der Waals surface area (Å²) in [6.07, 6.45) is -8.98. The molecule has 1 aliphatic carbocycles. The van der Waals surface area contributed by atoms with Gasteiger partial charge in [0.25, 0.3) is 18.8 Å². The summed E-state index contributed by atoms with van der Waals surface area (Å²) in [7, 11) is 0. The van der Waals surface area contributed by atoms with Crippen LogP contribution in [0, 0.1) is 0 Å². The number of nitrogens with one attached hydrogen (secondary N) is 1. The average Bonchev–Trinajstić information content (AvgIpc) is 3.21. The number of hydrogen-bond donors (Lipinski definition) is 1. The number of halogens is 8. The fourth-order valence-corrected chi connectivity index (χ4v) is 3.95. The van der Waals surface area contributed by atoms with E-state index in [9.17, 15) is 35.5 Å². The van der Waals surface area contributed by atoms with E-state index in [1.165, 1.54) is 16.8 Å². The van der Waals surface area contributed by atoms with E-state index < -0.39 is 53.6 Å². The minimum atomic E-state index is -4.54. The summed E-state index contributed by atoms with van der Waals surface area (Å²) in [4.78, 5) is 12.3. The van der Waals surface area contributed by atoms with Gasteiger partial charge in [0.05, 0.1) is 11.6 Å². The SMILES string of the molecule is O=C(NCCCn1nc(C(F)(F)F)cc1C1CC1)c1ccc(Cn2nc(C(F)F)c(Cl)c2C(F)F)o1. The molecule has 3 aromatic rings. The third-order valence-corrected chi connectivity index (χ3v) is 5.88. The summed E-state index contributed by atoms with van der Waals surface area (Å²) in [5.74, 6) is -0.780. The molecule has 1 saturated carbocycles. The van der Waals surface area contributed by atoms with Crippen LogP contribution in [0.4, 0.5) is 30.7 Å². The molecule has 0 saturated heterocycles. The van der Waals surface area contributed by atoms with Crippen LogP contribution in [0.25, 0.3) is 0 Å². The highest BCUT2D eigenvalue weighted by Crippen LogP contribution is 2.42. The quantitative estimate of drug-likeness (QED) is 0.254. The van der Waals surface area contributed by atoms with Crippen LogP contribution in [0.2, 0.25) is 5.02 Å². The molecule has 0 aliphatic heterocycles. The minimum Gasteiger partial charge on any atom is -0.454 e. The second-order valence-electron chi connectivity index (χ2n) is 8.17. The number of amides is 1. The standard InChI is InChI=1S/C21H19ClF7N5O2/c22-15-16(18(23)24)32-34(17(15)19(25)26)9-11-4-5-13(36-11)20(35)30-6-1-7-33-12(10-2-3-10)8-14(31-33)21(27,28)29/h4-5,8,10,18-19H,1-3,6-7,9H2,(H,30,35). The molecule has 0 radical (unpaired) electrons. The molecule has 0 spiro atoms. The number of rotatable bonds is 10. The van der Waals surface area contributed by atoms with Crippen molar-refractivity contribution >= 4 is 17.5 Å². The van der Waals surface area contributed by atoms with Gasteiger partial charge in [-0.2, -0.15) is 23.4 Å². The van der Waals surface area contributed by atoms with Crippen LogP contribution in [0.1, 0.15) is 77.1 Å². The molecular formula is C21H19ClF7N5O2. The predicted molar refractivity (Wildman–Crippen MR) is 111 cm³/mol. The number of nitrogens with zero attached hydrogens (tertiary/aromatic N) is 4. The minimum absolute atomic E-state index is 0.00710. The first-order valence-corrected chi connectivity index (χ1v) is 11.2. The molecule has 4 rings (SSSR count). The lowest BCUT2D eigenvalue weighted by molar-refractivity contribution is -0.141. The van der Waals surface area contributed by atoms with Gasteiger partial charge in [-0.05, 0) is 37.5 Å². The lowest BCUT2D eigenvalue weighted by Gasteiger charge is -2.07. The van der Waals surface area contributed by atoms with E-state index >= 15 is 0 Å². The Balaban J connectivity index is 1.34. The van der Waals surface area contributed by atoms with Crippen LogP contribution in [0.15, 0.2) is 22.6 Å². The summed E-state index contributed by atoms with van der Waals surface area (Å²) >= 11 is 5.61. The molecule has 15 heteroatoms. The first-order chi connectivity index (χ1) is 17.0. The molecule has 36 heavy (non-hydrogen) atoms. The fourth-order valence-electron chi connectivity index (χ4n) is 3.65. The largest absolute Gasteiger partial charge is 0.454 e. The summed E-state index contributed by atoms with van der Waals surface area (Å²) in [6, 6.07) is 3.61. The Morgan fingerprint density at radius 1 is 1.14 bits per heavy atom. The zero-order chi connectivity index (χ0) is 26.2. The molecular weight excluding hydrogens is 523 g/mol. The van der Waals surface area contributed by atoms with Crippen molar-refractivity contribution in [2.75, 3.05) is 6.54 Å². The average molecular weight is 542 g/mol. The topological polar surface area (TPSA) is 77.9 Å². The van der Waals surface area contributed by atoms with Gasteiger partial charge in [-0.3, -0.25) is 14.2 Å². The molecule has 196 valence electrons. The first-order valence-electron chi connectivity index (χ1n) is 10.8. The lowest BCUT2D eigenvalue weighted by atomic mass is 10.2. The van der Waals surface area contributed by atoms with Gasteiger partial charge in [0.15, 0.2) is 11.5 Å². The van der Waals surface area contributed by atoms with Crippen LogP contribution in [-0.2, 0) is 19.3 Å². The Hall–Kier alpha value is -3.03. The Labute approximate surface area is 204 Å². The molecule has 3 aromatic heterocycles.